The Morgan fingerprint density at radius 2 is 1.96 bits per heavy atom. The molecule has 1 saturated carbocycles. The molecular formula is C24H33NO3. The first-order valence-corrected chi connectivity index (χ1v) is 10.6. The second-order valence-corrected chi connectivity index (χ2v) is 8.32. The van der Waals surface area contributed by atoms with E-state index in [-0.39, 0.29) is 12.0 Å². The maximum Gasteiger partial charge on any atom is 0.256 e. The Labute approximate surface area is 168 Å². The molecule has 0 heterocycles. The fourth-order valence-corrected chi connectivity index (χ4v) is 4.18. The number of ether oxygens (including phenoxy) is 2. The van der Waals surface area contributed by atoms with Crippen molar-refractivity contribution in [1.29, 1.82) is 0 Å². The molecule has 2 aromatic carbocycles. The van der Waals surface area contributed by atoms with Crippen LogP contribution < -0.4 is 10.1 Å². The SMILES string of the molecule is CCCO[C@@]1(C(=O)Nc2ccc(OC(C)C)c3ccccc23)CCC[C@H](C)C1. The normalized spacial score (nSPS) is 22.4. The lowest BCUT2D eigenvalue weighted by molar-refractivity contribution is -0.148. The topological polar surface area (TPSA) is 47.6 Å². The van der Waals surface area contributed by atoms with Gasteiger partial charge in [0.05, 0.1) is 6.10 Å². The summed E-state index contributed by atoms with van der Waals surface area (Å²) in [6, 6.07) is 11.9. The molecule has 2 aromatic rings. The van der Waals surface area contributed by atoms with Gasteiger partial charge in [0, 0.05) is 23.1 Å². The highest BCUT2D eigenvalue weighted by molar-refractivity contribution is 6.06. The van der Waals surface area contributed by atoms with Gasteiger partial charge < -0.3 is 14.8 Å². The third kappa shape index (κ3) is 4.49. The van der Waals surface area contributed by atoms with Crippen molar-refractivity contribution in [2.45, 2.75) is 71.5 Å². The molecule has 4 nitrogen and oxygen atoms in total. The van der Waals surface area contributed by atoms with Crippen LogP contribution in [0.1, 0.15) is 59.8 Å². The number of fused-ring (bicyclic) bond motifs is 1. The van der Waals surface area contributed by atoms with E-state index < -0.39 is 5.60 Å². The number of anilines is 1. The number of carbonyl (C=O) groups excluding carboxylic acids is 1. The van der Waals surface area contributed by atoms with Crippen molar-refractivity contribution in [3.05, 3.63) is 36.4 Å². The third-order valence-electron chi connectivity index (χ3n) is 5.45. The first-order chi connectivity index (χ1) is 13.4. The van der Waals surface area contributed by atoms with Gasteiger partial charge in [-0.25, -0.2) is 0 Å². The Bertz CT molecular complexity index is 817. The van der Waals surface area contributed by atoms with E-state index in [2.05, 4.69) is 19.2 Å². The molecule has 1 aliphatic rings. The summed E-state index contributed by atoms with van der Waals surface area (Å²) in [5, 5.41) is 5.18. The van der Waals surface area contributed by atoms with Crippen molar-refractivity contribution < 1.29 is 14.3 Å². The highest BCUT2D eigenvalue weighted by atomic mass is 16.5. The van der Waals surface area contributed by atoms with Gasteiger partial charge in [-0.2, -0.15) is 0 Å². The first-order valence-electron chi connectivity index (χ1n) is 10.6. The van der Waals surface area contributed by atoms with E-state index in [1.807, 2.05) is 50.2 Å². The van der Waals surface area contributed by atoms with Crippen LogP contribution in [0.4, 0.5) is 5.69 Å². The maximum atomic E-state index is 13.4. The molecule has 0 aromatic heterocycles. The van der Waals surface area contributed by atoms with Gasteiger partial charge in [-0.3, -0.25) is 4.79 Å². The molecule has 1 aliphatic carbocycles. The van der Waals surface area contributed by atoms with Crippen molar-refractivity contribution in [2.75, 3.05) is 11.9 Å². The van der Waals surface area contributed by atoms with Crippen molar-refractivity contribution in [2.24, 2.45) is 5.92 Å². The standard InChI is InChI=1S/C24H33NO3/c1-5-15-27-24(14-8-9-18(4)16-24)23(26)25-21-12-13-22(28-17(2)3)20-11-7-6-10-19(20)21/h6-7,10-13,17-18H,5,8-9,14-16H2,1-4H3,(H,25,26)/t18-,24-/m0/s1. The van der Waals surface area contributed by atoms with E-state index in [1.165, 1.54) is 0 Å². The van der Waals surface area contributed by atoms with E-state index in [4.69, 9.17) is 9.47 Å². The Morgan fingerprint density at radius 3 is 2.64 bits per heavy atom. The maximum absolute atomic E-state index is 13.4. The molecule has 4 heteroatoms. The number of carbonyl (C=O) groups is 1. The largest absolute Gasteiger partial charge is 0.490 e. The predicted molar refractivity (Wildman–Crippen MR) is 115 cm³/mol. The Morgan fingerprint density at radius 1 is 1.21 bits per heavy atom. The van der Waals surface area contributed by atoms with Gasteiger partial charge in [0.2, 0.25) is 0 Å². The third-order valence-corrected chi connectivity index (χ3v) is 5.45. The smallest absolute Gasteiger partial charge is 0.256 e. The summed E-state index contributed by atoms with van der Waals surface area (Å²) < 4.78 is 12.1. The minimum absolute atomic E-state index is 0.0184. The molecule has 0 bridgehead atoms. The van der Waals surface area contributed by atoms with Crippen molar-refractivity contribution in [3.63, 3.8) is 0 Å². The van der Waals surface area contributed by atoms with Crippen LogP contribution in [0.5, 0.6) is 5.75 Å². The molecule has 0 saturated heterocycles. The molecule has 0 unspecified atom stereocenters. The molecule has 1 N–H and O–H groups in total. The minimum Gasteiger partial charge on any atom is -0.490 e. The number of hydrogen-bond acceptors (Lipinski definition) is 3. The number of hydrogen-bond donors (Lipinski definition) is 1. The number of benzene rings is 2. The fraction of sp³-hybridized carbons (Fsp3) is 0.542. The quantitative estimate of drug-likeness (QED) is 0.643. The average Bonchev–Trinajstić information content (AvgIpc) is 2.68. The summed E-state index contributed by atoms with van der Waals surface area (Å²) in [6.45, 7) is 8.94. The monoisotopic (exact) mass is 383 g/mol. The van der Waals surface area contributed by atoms with Gasteiger partial charge >= 0.3 is 0 Å². The van der Waals surface area contributed by atoms with Gasteiger partial charge in [-0.15, -0.1) is 0 Å². The molecule has 1 amide bonds. The summed E-state index contributed by atoms with van der Waals surface area (Å²) in [5.41, 5.74) is 0.0939. The fourth-order valence-electron chi connectivity index (χ4n) is 4.18. The van der Waals surface area contributed by atoms with Gasteiger partial charge in [0.25, 0.3) is 5.91 Å². The Kier molecular flexibility index (Phi) is 6.61. The van der Waals surface area contributed by atoms with Crippen LogP contribution in [-0.4, -0.2) is 24.2 Å². The van der Waals surface area contributed by atoms with Crippen LogP contribution in [0, 0.1) is 5.92 Å². The molecule has 0 radical (unpaired) electrons. The molecule has 28 heavy (non-hydrogen) atoms. The Balaban J connectivity index is 1.91. The van der Waals surface area contributed by atoms with E-state index in [1.54, 1.807) is 0 Å². The second-order valence-electron chi connectivity index (χ2n) is 8.32. The lowest BCUT2D eigenvalue weighted by Gasteiger charge is -2.38. The summed E-state index contributed by atoms with van der Waals surface area (Å²) in [4.78, 5) is 13.4. The van der Waals surface area contributed by atoms with E-state index >= 15 is 0 Å². The molecule has 0 aliphatic heterocycles. The predicted octanol–water partition coefficient (Wildman–Crippen LogP) is 5.94. The summed E-state index contributed by atoms with van der Waals surface area (Å²) in [6.07, 6.45) is 4.77. The van der Waals surface area contributed by atoms with Crippen molar-refractivity contribution in [3.8, 4) is 5.75 Å². The van der Waals surface area contributed by atoms with Crippen LogP contribution in [0.2, 0.25) is 0 Å². The summed E-state index contributed by atoms with van der Waals surface area (Å²) >= 11 is 0. The van der Waals surface area contributed by atoms with Crippen LogP contribution >= 0.6 is 0 Å². The van der Waals surface area contributed by atoms with E-state index in [9.17, 15) is 4.79 Å². The number of nitrogens with one attached hydrogen (secondary N) is 1. The minimum atomic E-state index is -0.720. The molecular weight excluding hydrogens is 350 g/mol. The molecule has 1 fully saturated rings. The second kappa shape index (κ2) is 8.95. The van der Waals surface area contributed by atoms with Crippen molar-refractivity contribution in [1.82, 2.24) is 0 Å². The highest BCUT2D eigenvalue weighted by Gasteiger charge is 2.42. The van der Waals surface area contributed by atoms with E-state index in [0.29, 0.717) is 12.5 Å². The first kappa shape index (κ1) is 20.7. The zero-order chi connectivity index (χ0) is 20.1. The molecule has 152 valence electrons. The summed E-state index contributed by atoms with van der Waals surface area (Å²) in [5.74, 6) is 1.32. The molecule has 2 atom stereocenters. The van der Waals surface area contributed by atoms with Crippen molar-refractivity contribution >= 4 is 22.4 Å². The summed E-state index contributed by atoms with van der Waals surface area (Å²) in [7, 11) is 0. The lowest BCUT2D eigenvalue weighted by Crippen LogP contribution is -2.48. The zero-order valence-corrected chi connectivity index (χ0v) is 17.6. The van der Waals surface area contributed by atoms with Gasteiger partial charge in [-0.1, -0.05) is 44.5 Å². The van der Waals surface area contributed by atoms with Gasteiger partial charge in [-0.05, 0) is 57.6 Å². The van der Waals surface area contributed by atoms with Crippen LogP contribution in [0.25, 0.3) is 10.8 Å². The average molecular weight is 384 g/mol. The van der Waals surface area contributed by atoms with Gasteiger partial charge in [0.15, 0.2) is 0 Å². The lowest BCUT2D eigenvalue weighted by atomic mass is 9.78. The molecule has 3 rings (SSSR count). The number of rotatable bonds is 7. The van der Waals surface area contributed by atoms with Crippen LogP contribution in [-0.2, 0) is 9.53 Å². The van der Waals surface area contributed by atoms with E-state index in [0.717, 1.165) is 54.3 Å². The molecule has 0 spiro atoms. The Hall–Kier alpha value is -2.07. The zero-order valence-electron chi connectivity index (χ0n) is 17.6. The van der Waals surface area contributed by atoms with Crippen LogP contribution in [0.15, 0.2) is 36.4 Å². The van der Waals surface area contributed by atoms with Crippen LogP contribution in [0.3, 0.4) is 0 Å². The highest BCUT2D eigenvalue weighted by Crippen LogP contribution is 2.38. The number of amides is 1. The van der Waals surface area contributed by atoms with Gasteiger partial charge in [0.1, 0.15) is 11.4 Å².